The van der Waals surface area contributed by atoms with Crippen LogP contribution >= 0.6 is 0 Å². The average Bonchev–Trinajstić information content (AvgIpc) is 2.96. The van der Waals surface area contributed by atoms with Crippen molar-refractivity contribution in [3.05, 3.63) is 0 Å². The molecule has 2 aliphatic heterocycles. The lowest BCUT2D eigenvalue weighted by molar-refractivity contribution is -0.157. The quantitative estimate of drug-likeness (QED) is 0.827. The summed E-state index contributed by atoms with van der Waals surface area (Å²) in [4.78, 5) is 26.9. The number of amides is 2. The van der Waals surface area contributed by atoms with Crippen LogP contribution in [0.5, 0.6) is 0 Å². The molecule has 1 aliphatic carbocycles. The van der Waals surface area contributed by atoms with Crippen molar-refractivity contribution in [2.75, 3.05) is 13.2 Å². The highest BCUT2D eigenvalue weighted by Crippen LogP contribution is 2.33. The van der Waals surface area contributed by atoms with E-state index in [4.69, 9.17) is 4.74 Å². The Morgan fingerprint density at radius 3 is 2.65 bits per heavy atom. The zero-order valence-electron chi connectivity index (χ0n) is 12.2. The van der Waals surface area contributed by atoms with Crippen LogP contribution in [0.3, 0.4) is 0 Å². The van der Waals surface area contributed by atoms with Crippen molar-refractivity contribution in [2.45, 2.75) is 69.6 Å². The van der Waals surface area contributed by atoms with E-state index in [1.54, 1.807) is 4.90 Å². The van der Waals surface area contributed by atoms with Gasteiger partial charge in [-0.05, 0) is 32.6 Å². The second-order valence-electron chi connectivity index (χ2n) is 6.40. The van der Waals surface area contributed by atoms with E-state index in [0.29, 0.717) is 6.54 Å². The molecule has 0 aromatic carbocycles. The van der Waals surface area contributed by atoms with Crippen molar-refractivity contribution in [2.24, 2.45) is 0 Å². The number of piperazine rings is 1. The molecule has 3 aliphatic rings. The fourth-order valence-corrected chi connectivity index (χ4v) is 3.73. The third kappa shape index (κ3) is 2.32. The fraction of sp³-hybridized carbons (Fsp3) is 0.867. The molecule has 0 radical (unpaired) electrons. The number of hydrogen-bond acceptors (Lipinski definition) is 3. The predicted octanol–water partition coefficient (Wildman–Crippen LogP) is 1.22. The van der Waals surface area contributed by atoms with Gasteiger partial charge in [0.2, 0.25) is 11.8 Å². The van der Waals surface area contributed by atoms with Crippen LogP contribution in [0.2, 0.25) is 0 Å². The van der Waals surface area contributed by atoms with Gasteiger partial charge in [0.1, 0.15) is 11.6 Å². The monoisotopic (exact) mass is 280 g/mol. The van der Waals surface area contributed by atoms with E-state index in [1.165, 1.54) is 0 Å². The first-order valence-corrected chi connectivity index (χ1v) is 7.87. The van der Waals surface area contributed by atoms with Gasteiger partial charge in [-0.15, -0.1) is 0 Å². The van der Waals surface area contributed by atoms with Crippen molar-refractivity contribution >= 4 is 11.8 Å². The Hall–Kier alpha value is -1.10. The van der Waals surface area contributed by atoms with Crippen LogP contribution in [0.4, 0.5) is 0 Å². The van der Waals surface area contributed by atoms with E-state index in [0.717, 1.165) is 51.6 Å². The lowest BCUT2D eigenvalue weighted by atomic mass is 9.78. The fourth-order valence-electron chi connectivity index (χ4n) is 3.73. The summed E-state index contributed by atoms with van der Waals surface area (Å²) < 4.78 is 5.64. The Bertz CT molecular complexity index is 398. The molecule has 3 rings (SSSR count). The molecule has 5 heteroatoms. The molecule has 1 saturated carbocycles. The Labute approximate surface area is 120 Å². The number of hydrogen-bond donors (Lipinski definition) is 1. The number of nitrogens with zero attached hydrogens (tertiary/aromatic N) is 1. The molecule has 1 spiro atoms. The van der Waals surface area contributed by atoms with Gasteiger partial charge in [-0.3, -0.25) is 9.59 Å². The van der Waals surface area contributed by atoms with Crippen molar-refractivity contribution in [1.82, 2.24) is 10.2 Å². The van der Waals surface area contributed by atoms with Crippen LogP contribution in [-0.4, -0.2) is 47.6 Å². The normalized spacial score (nSPS) is 33.5. The van der Waals surface area contributed by atoms with Gasteiger partial charge in [0.25, 0.3) is 0 Å². The number of nitrogens with one attached hydrogen (secondary N) is 1. The van der Waals surface area contributed by atoms with Crippen LogP contribution in [0.25, 0.3) is 0 Å². The van der Waals surface area contributed by atoms with Crippen LogP contribution in [0, 0.1) is 0 Å². The van der Waals surface area contributed by atoms with Gasteiger partial charge >= 0.3 is 0 Å². The summed E-state index contributed by atoms with van der Waals surface area (Å²) in [5.74, 6) is 0.101. The summed E-state index contributed by atoms with van der Waals surface area (Å²) in [6, 6.07) is -0.376. The maximum atomic E-state index is 12.9. The maximum Gasteiger partial charge on any atom is 0.249 e. The first-order chi connectivity index (χ1) is 9.62. The van der Waals surface area contributed by atoms with Crippen LogP contribution in [0.15, 0.2) is 0 Å². The predicted molar refractivity (Wildman–Crippen MR) is 74.1 cm³/mol. The lowest BCUT2D eigenvalue weighted by Gasteiger charge is -2.47. The van der Waals surface area contributed by atoms with E-state index in [9.17, 15) is 9.59 Å². The number of carbonyl (C=O) groups excluding carboxylic acids is 2. The molecule has 2 saturated heterocycles. The third-order valence-corrected chi connectivity index (χ3v) is 5.01. The van der Waals surface area contributed by atoms with Crippen LogP contribution in [0.1, 0.15) is 51.9 Å². The van der Waals surface area contributed by atoms with E-state index < -0.39 is 5.54 Å². The molecule has 0 aromatic rings. The lowest BCUT2D eigenvalue weighted by Crippen LogP contribution is -2.70. The van der Waals surface area contributed by atoms with E-state index >= 15 is 0 Å². The number of rotatable bonds is 2. The molecule has 1 N–H and O–H groups in total. The van der Waals surface area contributed by atoms with Gasteiger partial charge in [-0.1, -0.05) is 19.3 Å². The largest absolute Gasteiger partial charge is 0.376 e. The molecule has 3 fully saturated rings. The van der Waals surface area contributed by atoms with Gasteiger partial charge in [-0.2, -0.15) is 0 Å². The molecule has 112 valence electrons. The molecular weight excluding hydrogens is 256 g/mol. The third-order valence-electron chi connectivity index (χ3n) is 5.01. The second-order valence-corrected chi connectivity index (χ2v) is 6.40. The highest BCUT2D eigenvalue weighted by molar-refractivity contribution is 5.99. The Kier molecular flexibility index (Phi) is 3.71. The highest BCUT2D eigenvalue weighted by atomic mass is 16.5. The second kappa shape index (κ2) is 5.35. The minimum Gasteiger partial charge on any atom is -0.376 e. The van der Waals surface area contributed by atoms with Crippen LogP contribution < -0.4 is 5.32 Å². The maximum absolute atomic E-state index is 12.9. The first kappa shape index (κ1) is 13.9. The number of carbonyl (C=O) groups is 2. The minimum absolute atomic E-state index is 0.00973. The van der Waals surface area contributed by atoms with Gasteiger partial charge < -0.3 is 15.0 Å². The highest BCUT2D eigenvalue weighted by Gasteiger charge is 2.50. The molecule has 0 bridgehead atoms. The molecule has 0 aromatic heterocycles. The molecule has 2 unspecified atom stereocenters. The van der Waals surface area contributed by atoms with Gasteiger partial charge in [0.05, 0.1) is 6.10 Å². The van der Waals surface area contributed by atoms with Crippen LogP contribution in [-0.2, 0) is 14.3 Å². The summed E-state index contributed by atoms with van der Waals surface area (Å²) >= 11 is 0. The van der Waals surface area contributed by atoms with Crippen molar-refractivity contribution in [1.29, 1.82) is 0 Å². The zero-order chi connectivity index (χ0) is 14.2. The average molecular weight is 280 g/mol. The van der Waals surface area contributed by atoms with E-state index in [-0.39, 0.29) is 24.0 Å². The topological polar surface area (TPSA) is 58.6 Å². The summed E-state index contributed by atoms with van der Waals surface area (Å²) in [6.45, 7) is 3.16. The molecular formula is C15H24N2O3. The number of ether oxygens (including phenoxy) is 1. The summed E-state index contributed by atoms with van der Waals surface area (Å²) in [5.41, 5.74) is -0.625. The standard InChI is InChI=1S/C15H24N2O3/c1-11-13(18)16-15(7-3-2-4-8-15)14(19)17(11)10-12-6-5-9-20-12/h11-12H,2-10H2,1H3,(H,16,18). The van der Waals surface area contributed by atoms with Crippen molar-refractivity contribution < 1.29 is 14.3 Å². The first-order valence-electron chi connectivity index (χ1n) is 7.87. The zero-order valence-corrected chi connectivity index (χ0v) is 12.2. The molecule has 20 heavy (non-hydrogen) atoms. The molecule has 2 atom stereocenters. The molecule has 2 amide bonds. The minimum atomic E-state index is -0.625. The van der Waals surface area contributed by atoms with Crippen molar-refractivity contribution in [3.8, 4) is 0 Å². The SMILES string of the molecule is CC1C(=O)NC2(CCCCC2)C(=O)N1CC1CCCO1. The van der Waals surface area contributed by atoms with Gasteiger partial charge in [0.15, 0.2) is 0 Å². The van der Waals surface area contributed by atoms with E-state index in [2.05, 4.69) is 5.32 Å². The van der Waals surface area contributed by atoms with E-state index in [1.807, 2.05) is 6.92 Å². The summed E-state index contributed by atoms with van der Waals surface area (Å²) in [5, 5.41) is 3.02. The Morgan fingerprint density at radius 2 is 2.00 bits per heavy atom. The smallest absolute Gasteiger partial charge is 0.249 e. The van der Waals surface area contributed by atoms with Gasteiger partial charge in [0, 0.05) is 13.2 Å². The molecule has 5 nitrogen and oxygen atoms in total. The summed E-state index contributed by atoms with van der Waals surface area (Å²) in [6.07, 6.45) is 6.92. The molecule has 2 heterocycles. The van der Waals surface area contributed by atoms with Crippen molar-refractivity contribution in [3.63, 3.8) is 0 Å². The Balaban J connectivity index is 1.78. The summed E-state index contributed by atoms with van der Waals surface area (Å²) in [7, 11) is 0. The Morgan fingerprint density at radius 1 is 1.25 bits per heavy atom. The van der Waals surface area contributed by atoms with Gasteiger partial charge in [-0.25, -0.2) is 0 Å².